The zero-order valence-corrected chi connectivity index (χ0v) is 27.2. The Hall–Kier alpha value is -2.87. The van der Waals surface area contributed by atoms with Gasteiger partial charge in [-0.15, -0.1) is 5.10 Å². The number of rotatable bonds is 28. The van der Waals surface area contributed by atoms with Crippen molar-refractivity contribution >= 4 is 29.0 Å². The van der Waals surface area contributed by atoms with Crippen LogP contribution in [-0.4, -0.2) is 108 Å². The number of ether oxygens (including phenoxy) is 4. The largest absolute Gasteiger partial charge is 0.379 e. The van der Waals surface area contributed by atoms with Crippen LogP contribution in [0.4, 0.5) is 0 Å². The van der Waals surface area contributed by atoms with E-state index in [1.54, 1.807) is 17.9 Å². The highest BCUT2D eigenvalue weighted by atomic mass is 16.6. The van der Waals surface area contributed by atoms with Crippen molar-refractivity contribution in [2.45, 2.75) is 79.2 Å². The summed E-state index contributed by atoms with van der Waals surface area (Å²) >= 11 is 0. The first kappa shape index (κ1) is 39.2. The van der Waals surface area contributed by atoms with E-state index in [1.165, 1.54) is 18.7 Å². The molecule has 0 N–H and O–H groups in total. The van der Waals surface area contributed by atoms with Crippen LogP contribution in [0.3, 0.4) is 0 Å². The number of nitrogens with zero attached hydrogens (tertiary/aromatic N) is 4. The lowest BCUT2D eigenvalue weighted by Crippen LogP contribution is -2.41. The highest BCUT2D eigenvalue weighted by Crippen LogP contribution is 2.16. The molecule has 1 aromatic heterocycles. The Morgan fingerprint density at radius 3 is 1.80 bits per heavy atom. The topological polar surface area (TPSA) is 156 Å². The molecule has 2 atom stereocenters. The van der Waals surface area contributed by atoms with E-state index in [2.05, 4.69) is 10.3 Å². The third-order valence-electron chi connectivity index (χ3n) is 7.06. The van der Waals surface area contributed by atoms with Gasteiger partial charge in [-0.05, 0) is 26.7 Å². The van der Waals surface area contributed by atoms with E-state index in [9.17, 15) is 24.0 Å². The molecule has 44 heavy (non-hydrogen) atoms. The van der Waals surface area contributed by atoms with E-state index in [-0.39, 0.29) is 68.7 Å². The fourth-order valence-corrected chi connectivity index (χ4v) is 4.43. The number of unbranched alkanes of at least 4 members (excludes halogenated alkanes) is 1. The minimum atomic E-state index is -0.414. The minimum Gasteiger partial charge on any atom is -0.379 e. The van der Waals surface area contributed by atoms with Crippen LogP contribution in [-0.2, 0) is 56.6 Å². The van der Waals surface area contributed by atoms with Crippen molar-refractivity contribution in [1.82, 2.24) is 19.9 Å². The van der Waals surface area contributed by atoms with E-state index >= 15 is 0 Å². The fraction of sp³-hybridized carbons (Fsp3) is 0.774. The summed E-state index contributed by atoms with van der Waals surface area (Å²) in [5.41, 5.74) is 0.752. The van der Waals surface area contributed by atoms with Crippen LogP contribution in [0, 0.1) is 11.8 Å². The van der Waals surface area contributed by atoms with Gasteiger partial charge in [0.2, 0.25) is 5.91 Å². The average Bonchev–Trinajstić information content (AvgIpc) is 3.40. The van der Waals surface area contributed by atoms with Gasteiger partial charge in [-0.2, -0.15) is 0 Å². The molecule has 0 bridgehead atoms. The highest BCUT2D eigenvalue weighted by Gasteiger charge is 2.25. The maximum absolute atomic E-state index is 13.0. The van der Waals surface area contributed by atoms with Crippen molar-refractivity contribution in [1.29, 1.82) is 0 Å². The summed E-state index contributed by atoms with van der Waals surface area (Å²) in [6.07, 6.45) is 4.69. The number of aryl methyl sites for hydroxylation is 1. The first-order valence-electron chi connectivity index (χ1n) is 15.5. The normalized spacial score (nSPS) is 12.6. The highest BCUT2D eigenvalue weighted by molar-refractivity contribution is 5.93. The molecule has 0 radical (unpaired) electrons. The number of Topliss-reactive ketones (excluding diaryl/α,β-unsaturated/α-hetero) is 4. The Bertz CT molecular complexity index is 1010. The maximum Gasteiger partial charge on any atom is 0.225 e. The molecule has 1 heterocycles. The molecule has 2 unspecified atom stereocenters. The van der Waals surface area contributed by atoms with E-state index in [1.807, 2.05) is 13.8 Å². The van der Waals surface area contributed by atoms with Gasteiger partial charge in [0.15, 0.2) is 11.6 Å². The van der Waals surface area contributed by atoms with Gasteiger partial charge in [-0.3, -0.25) is 28.7 Å². The lowest BCUT2D eigenvalue weighted by Gasteiger charge is -2.23. The monoisotopic (exact) mass is 624 g/mol. The summed E-state index contributed by atoms with van der Waals surface area (Å²) in [5, 5.41) is 7.76. The van der Waals surface area contributed by atoms with Gasteiger partial charge in [0.1, 0.15) is 17.3 Å². The summed E-state index contributed by atoms with van der Waals surface area (Å²) in [7, 11) is 1.79. The number of carbonyl (C=O) groups excluding carboxylic acids is 5. The molecule has 0 aliphatic carbocycles. The standard InChI is InChI=1S/C31H52N4O9/c1-6-8-9-27(25(4)37)19-30(39)22-35(21-29(38)18-26(7-2)24(3)36)31(40)10-11-41-12-13-42-14-15-43-16-17-44-23-28-20-34(5)33-32-28/h20,26-27H,6-19,21-23H2,1-5H3. The second-order valence-corrected chi connectivity index (χ2v) is 10.9. The van der Waals surface area contributed by atoms with Gasteiger partial charge in [0.25, 0.3) is 0 Å². The van der Waals surface area contributed by atoms with Gasteiger partial charge in [0, 0.05) is 31.7 Å². The summed E-state index contributed by atoms with van der Waals surface area (Å²) < 4.78 is 23.5. The lowest BCUT2D eigenvalue weighted by molar-refractivity contribution is -0.140. The first-order valence-corrected chi connectivity index (χ1v) is 15.5. The molecule has 250 valence electrons. The van der Waals surface area contributed by atoms with Gasteiger partial charge in [-0.25, -0.2) is 0 Å². The first-order chi connectivity index (χ1) is 21.1. The lowest BCUT2D eigenvalue weighted by atomic mass is 9.92. The second-order valence-electron chi connectivity index (χ2n) is 10.9. The summed E-state index contributed by atoms with van der Waals surface area (Å²) in [4.78, 5) is 63.6. The van der Waals surface area contributed by atoms with Crippen LogP contribution in [0.2, 0.25) is 0 Å². The van der Waals surface area contributed by atoms with Crippen molar-refractivity contribution in [3.8, 4) is 0 Å². The molecule has 0 aromatic carbocycles. The van der Waals surface area contributed by atoms with Gasteiger partial charge in [0.05, 0.1) is 78.6 Å². The molecule has 1 amide bonds. The Morgan fingerprint density at radius 1 is 0.795 bits per heavy atom. The molecule has 0 fully saturated rings. The van der Waals surface area contributed by atoms with Crippen LogP contribution in [0.15, 0.2) is 6.20 Å². The van der Waals surface area contributed by atoms with Gasteiger partial charge < -0.3 is 23.8 Å². The summed E-state index contributed by atoms with van der Waals surface area (Å²) in [5.74, 6) is -1.89. The molecule has 0 aliphatic rings. The zero-order chi connectivity index (χ0) is 32.7. The number of carbonyl (C=O) groups is 5. The predicted molar refractivity (Wildman–Crippen MR) is 162 cm³/mol. The molecular formula is C31H52N4O9. The van der Waals surface area contributed by atoms with Crippen LogP contribution in [0.5, 0.6) is 0 Å². The Morgan fingerprint density at radius 2 is 1.32 bits per heavy atom. The fourth-order valence-electron chi connectivity index (χ4n) is 4.43. The number of hydrogen-bond donors (Lipinski definition) is 0. The maximum atomic E-state index is 13.0. The molecule has 13 heteroatoms. The number of amides is 1. The van der Waals surface area contributed by atoms with Crippen LogP contribution in [0.25, 0.3) is 0 Å². The Labute approximate surface area is 261 Å². The minimum absolute atomic E-state index is 0.0177. The number of hydrogen-bond acceptors (Lipinski definition) is 11. The molecule has 1 rings (SSSR count). The quantitative estimate of drug-likeness (QED) is 0.126. The Kier molecular flexibility index (Phi) is 20.9. The van der Waals surface area contributed by atoms with Gasteiger partial charge >= 0.3 is 0 Å². The molecule has 0 saturated heterocycles. The second kappa shape index (κ2) is 23.5. The smallest absolute Gasteiger partial charge is 0.225 e. The van der Waals surface area contributed by atoms with Crippen molar-refractivity contribution in [3.05, 3.63) is 11.9 Å². The third-order valence-corrected chi connectivity index (χ3v) is 7.06. The molecule has 1 aromatic rings. The van der Waals surface area contributed by atoms with Gasteiger partial charge in [-0.1, -0.05) is 31.9 Å². The molecule has 0 spiro atoms. The SMILES string of the molecule is CCCCC(CC(=O)CN(CC(=O)CC(CC)C(C)=O)C(=O)CCOCCOCCOCCOCc1cn(C)nn1)C(C)=O. The summed E-state index contributed by atoms with van der Waals surface area (Å²) in [6, 6.07) is 0. The van der Waals surface area contributed by atoms with Crippen molar-refractivity contribution in [2.75, 3.05) is 59.3 Å². The molecule has 13 nitrogen and oxygen atoms in total. The van der Waals surface area contributed by atoms with E-state index in [4.69, 9.17) is 18.9 Å². The number of ketones is 4. The van der Waals surface area contributed by atoms with Crippen molar-refractivity contribution in [2.24, 2.45) is 18.9 Å². The average molecular weight is 625 g/mol. The van der Waals surface area contributed by atoms with Crippen molar-refractivity contribution in [3.63, 3.8) is 0 Å². The van der Waals surface area contributed by atoms with E-state index in [0.29, 0.717) is 52.5 Å². The van der Waals surface area contributed by atoms with Crippen LogP contribution in [0.1, 0.15) is 78.3 Å². The van der Waals surface area contributed by atoms with Crippen LogP contribution >= 0.6 is 0 Å². The third kappa shape index (κ3) is 18.1. The molecular weight excluding hydrogens is 572 g/mol. The Balaban J connectivity index is 2.38. The number of aromatic nitrogens is 3. The predicted octanol–water partition coefficient (Wildman–Crippen LogP) is 2.53. The summed E-state index contributed by atoms with van der Waals surface area (Å²) in [6.45, 7) is 8.91. The van der Waals surface area contributed by atoms with E-state index < -0.39 is 17.7 Å². The molecule has 0 saturated carbocycles. The van der Waals surface area contributed by atoms with E-state index in [0.717, 1.165) is 18.5 Å². The van der Waals surface area contributed by atoms with Crippen molar-refractivity contribution < 1.29 is 42.9 Å². The zero-order valence-electron chi connectivity index (χ0n) is 27.2. The molecule has 0 aliphatic heterocycles. The van der Waals surface area contributed by atoms with Crippen LogP contribution < -0.4 is 0 Å².